The molecule has 3 rings (SSSR count). The molecule has 1 heterocycles. The van der Waals surface area contributed by atoms with Crippen LogP contribution in [0.15, 0.2) is 48.5 Å². The maximum Gasteiger partial charge on any atom is 0.334 e. The normalized spacial score (nSPS) is 15.4. The smallest absolute Gasteiger partial charge is 0.334 e. The number of esters is 1. The van der Waals surface area contributed by atoms with Crippen molar-refractivity contribution in [1.29, 1.82) is 0 Å². The number of para-hydroxylation sites is 2. The van der Waals surface area contributed by atoms with Crippen LogP contribution in [-0.2, 0) is 14.4 Å². The number of carbonyl (C=O) groups is 3. The standard InChI is InChI=1S/C18H17N3O4/c1-11(22)19-12-6-8-13(9-7-12)20-17(23)10-15-18(24)25-16-5-3-2-4-14(16)21-15/h2-9,15,21H,10H2,1H3,(H,19,22)(H,20,23)/t15-/m1/s1. The van der Waals surface area contributed by atoms with Crippen molar-refractivity contribution < 1.29 is 19.1 Å². The number of anilines is 3. The minimum Gasteiger partial charge on any atom is -0.423 e. The maximum absolute atomic E-state index is 12.2. The molecular formula is C18H17N3O4. The Bertz CT molecular complexity index is 817. The van der Waals surface area contributed by atoms with E-state index >= 15 is 0 Å². The van der Waals surface area contributed by atoms with Gasteiger partial charge in [0.1, 0.15) is 6.04 Å². The second kappa shape index (κ2) is 7.04. The number of hydrogen-bond acceptors (Lipinski definition) is 5. The molecule has 0 aliphatic carbocycles. The second-order valence-electron chi connectivity index (χ2n) is 5.63. The Labute approximate surface area is 144 Å². The molecule has 0 unspecified atom stereocenters. The third kappa shape index (κ3) is 4.14. The second-order valence-corrected chi connectivity index (χ2v) is 5.63. The van der Waals surface area contributed by atoms with Crippen LogP contribution in [-0.4, -0.2) is 23.8 Å². The fourth-order valence-corrected chi connectivity index (χ4v) is 2.47. The van der Waals surface area contributed by atoms with Crippen LogP contribution in [0.1, 0.15) is 13.3 Å². The van der Waals surface area contributed by atoms with Crippen molar-refractivity contribution in [1.82, 2.24) is 0 Å². The maximum atomic E-state index is 12.2. The summed E-state index contributed by atoms with van der Waals surface area (Å²) in [6, 6.07) is 13.0. The number of ether oxygens (including phenoxy) is 1. The average Bonchev–Trinajstić information content (AvgIpc) is 2.57. The molecule has 7 heteroatoms. The molecule has 0 spiro atoms. The highest BCUT2D eigenvalue weighted by atomic mass is 16.5. The number of carbonyl (C=O) groups excluding carboxylic acids is 3. The summed E-state index contributed by atoms with van der Waals surface area (Å²) in [5.74, 6) is -0.521. The van der Waals surface area contributed by atoms with E-state index in [0.29, 0.717) is 22.8 Å². The molecule has 7 nitrogen and oxygen atoms in total. The van der Waals surface area contributed by atoms with E-state index in [1.807, 2.05) is 6.07 Å². The van der Waals surface area contributed by atoms with Gasteiger partial charge in [-0.2, -0.15) is 0 Å². The molecule has 2 aromatic rings. The van der Waals surface area contributed by atoms with Gasteiger partial charge in [0.2, 0.25) is 11.8 Å². The van der Waals surface area contributed by atoms with Gasteiger partial charge in [-0.05, 0) is 36.4 Å². The van der Waals surface area contributed by atoms with Crippen LogP contribution in [0.3, 0.4) is 0 Å². The van der Waals surface area contributed by atoms with Gasteiger partial charge in [-0.3, -0.25) is 9.59 Å². The van der Waals surface area contributed by atoms with E-state index in [-0.39, 0.29) is 18.2 Å². The molecule has 1 aliphatic rings. The summed E-state index contributed by atoms with van der Waals surface area (Å²) < 4.78 is 5.23. The van der Waals surface area contributed by atoms with Crippen molar-refractivity contribution >= 4 is 34.8 Å². The van der Waals surface area contributed by atoms with Gasteiger partial charge in [-0.25, -0.2) is 4.79 Å². The third-order valence-electron chi connectivity index (χ3n) is 3.59. The van der Waals surface area contributed by atoms with Crippen molar-refractivity contribution in [3.63, 3.8) is 0 Å². The van der Waals surface area contributed by atoms with Crippen LogP contribution in [0.4, 0.5) is 17.1 Å². The predicted molar refractivity (Wildman–Crippen MR) is 93.5 cm³/mol. The van der Waals surface area contributed by atoms with Gasteiger partial charge in [0, 0.05) is 18.3 Å². The van der Waals surface area contributed by atoms with Crippen LogP contribution >= 0.6 is 0 Å². The highest BCUT2D eigenvalue weighted by Crippen LogP contribution is 2.29. The van der Waals surface area contributed by atoms with E-state index in [2.05, 4.69) is 16.0 Å². The summed E-state index contributed by atoms with van der Waals surface area (Å²) in [5.41, 5.74) is 1.89. The minimum absolute atomic E-state index is 0.0549. The number of fused-ring (bicyclic) bond motifs is 1. The van der Waals surface area contributed by atoms with Crippen molar-refractivity contribution in [3.05, 3.63) is 48.5 Å². The van der Waals surface area contributed by atoms with E-state index < -0.39 is 12.0 Å². The van der Waals surface area contributed by atoms with E-state index in [0.717, 1.165) is 0 Å². The van der Waals surface area contributed by atoms with Crippen LogP contribution in [0, 0.1) is 0 Å². The van der Waals surface area contributed by atoms with Crippen LogP contribution in [0.25, 0.3) is 0 Å². The zero-order valence-corrected chi connectivity index (χ0v) is 13.5. The zero-order chi connectivity index (χ0) is 17.8. The number of amides is 2. The Morgan fingerprint density at radius 3 is 2.36 bits per heavy atom. The lowest BCUT2D eigenvalue weighted by Crippen LogP contribution is -2.39. The first kappa shape index (κ1) is 16.5. The minimum atomic E-state index is -0.742. The molecule has 25 heavy (non-hydrogen) atoms. The van der Waals surface area contributed by atoms with Crippen LogP contribution in [0.5, 0.6) is 5.75 Å². The fraction of sp³-hybridized carbons (Fsp3) is 0.167. The lowest BCUT2D eigenvalue weighted by atomic mass is 10.1. The molecule has 2 aromatic carbocycles. The number of nitrogens with one attached hydrogen (secondary N) is 3. The fourth-order valence-electron chi connectivity index (χ4n) is 2.47. The summed E-state index contributed by atoms with van der Waals surface area (Å²) in [6.45, 7) is 1.42. The first-order valence-electron chi connectivity index (χ1n) is 7.76. The molecule has 3 N–H and O–H groups in total. The highest BCUT2D eigenvalue weighted by molar-refractivity contribution is 5.97. The lowest BCUT2D eigenvalue weighted by Gasteiger charge is -2.25. The molecule has 0 aromatic heterocycles. The largest absolute Gasteiger partial charge is 0.423 e. The Morgan fingerprint density at radius 1 is 1.04 bits per heavy atom. The van der Waals surface area contributed by atoms with Crippen molar-refractivity contribution in [2.75, 3.05) is 16.0 Å². The Morgan fingerprint density at radius 2 is 1.68 bits per heavy atom. The molecule has 1 atom stereocenters. The van der Waals surface area contributed by atoms with E-state index in [1.165, 1.54) is 6.92 Å². The van der Waals surface area contributed by atoms with E-state index in [1.54, 1.807) is 42.5 Å². The summed E-state index contributed by atoms with van der Waals surface area (Å²) in [4.78, 5) is 35.1. The number of rotatable bonds is 4. The molecule has 0 radical (unpaired) electrons. The summed E-state index contributed by atoms with van der Waals surface area (Å²) in [6.07, 6.45) is -0.0549. The van der Waals surface area contributed by atoms with E-state index in [4.69, 9.17) is 4.74 Å². The first-order valence-corrected chi connectivity index (χ1v) is 7.76. The first-order chi connectivity index (χ1) is 12.0. The lowest BCUT2D eigenvalue weighted by molar-refractivity contribution is -0.137. The van der Waals surface area contributed by atoms with Crippen LogP contribution < -0.4 is 20.7 Å². The van der Waals surface area contributed by atoms with Crippen LogP contribution in [0.2, 0.25) is 0 Å². The molecule has 128 valence electrons. The third-order valence-corrected chi connectivity index (χ3v) is 3.59. The van der Waals surface area contributed by atoms with E-state index in [9.17, 15) is 14.4 Å². The Kier molecular flexibility index (Phi) is 4.65. The average molecular weight is 339 g/mol. The van der Waals surface area contributed by atoms with Gasteiger partial charge >= 0.3 is 5.97 Å². The summed E-state index contributed by atoms with van der Waals surface area (Å²) in [7, 11) is 0. The summed E-state index contributed by atoms with van der Waals surface area (Å²) in [5, 5.41) is 8.37. The van der Waals surface area contributed by atoms with Gasteiger partial charge in [0.25, 0.3) is 0 Å². The van der Waals surface area contributed by atoms with Gasteiger partial charge in [-0.15, -0.1) is 0 Å². The van der Waals surface area contributed by atoms with Crippen molar-refractivity contribution in [3.8, 4) is 5.75 Å². The monoisotopic (exact) mass is 339 g/mol. The molecule has 0 saturated heterocycles. The predicted octanol–water partition coefficient (Wildman–Crippen LogP) is 2.37. The molecule has 0 bridgehead atoms. The molecule has 2 amide bonds. The summed E-state index contributed by atoms with van der Waals surface area (Å²) >= 11 is 0. The van der Waals surface area contributed by atoms with Gasteiger partial charge in [0.05, 0.1) is 12.1 Å². The van der Waals surface area contributed by atoms with Crippen molar-refractivity contribution in [2.45, 2.75) is 19.4 Å². The van der Waals surface area contributed by atoms with Crippen molar-refractivity contribution in [2.24, 2.45) is 0 Å². The van der Waals surface area contributed by atoms with Gasteiger partial charge in [0.15, 0.2) is 5.75 Å². The molecule has 1 aliphatic heterocycles. The molecule has 0 saturated carbocycles. The van der Waals surface area contributed by atoms with Gasteiger partial charge < -0.3 is 20.7 Å². The Hall–Kier alpha value is -3.35. The van der Waals surface area contributed by atoms with Gasteiger partial charge in [-0.1, -0.05) is 12.1 Å². The topological polar surface area (TPSA) is 96.5 Å². The quantitative estimate of drug-likeness (QED) is 0.587. The molecular weight excluding hydrogens is 322 g/mol. The molecule has 0 fully saturated rings. The SMILES string of the molecule is CC(=O)Nc1ccc(NC(=O)C[C@H]2Nc3ccccc3OC2=O)cc1. The number of hydrogen-bond donors (Lipinski definition) is 3. The highest BCUT2D eigenvalue weighted by Gasteiger charge is 2.29. The zero-order valence-electron chi connectivity index (χ0n) is 13.5. The number of benzene rings is 2. The Balaban J connectivity index is 1.59.